The fourth-order valence-electron chi connectivity index (χ4n) is 2.22. The van der Waals surface area contributed by atoms with Gasteiger partial charge < -0.3 is 10.5 Å². The molecule has 0 bridgehead atoms. The highest BCUT2D eigenvalue weighted by molar-refractivity contribution is 5.95. The van der Waals surface area contributed by atoms with Gasteiger partial charge in [0.15, 0.2) is 0 Å². The van der Waals surface area contributed by atoms with Crippen molar-refractivity contribution in [3.63, 3.8) is 0 Å². The summed E-state index contributed by atoms with van der Waals surface area (Å²) in [4.78, 5) is 4.44. The summed E-state index contributed by atoms with van der Waals surface area (Å²) in [6, 6.07) is 3.63. The lowest BCUT2D eigenvalue weighted by Crippen LogP contribution is -2.13. The molecule has 4 nitrogen and oxygen atoms in total. The Bertz CT molecular complexity index is 397. The van der Waals surface area contributed by atoms with E-state index in [4.69, 9.17) is 15.9 Å². The first kappa shape index (κ1) is 10.9. The number of nitrogens with one attached hydrogen (secondary N) is 1. The average molecular weight is 219 g/mol. The van der Waals surface area contributed by atoms with E-state index in [0.717, 1.165) is 5.69 Å². The molecule has 1 saturated carbocycles. The first-order chi connectivity index (χ1) is 7.70. The Balaban J connectivity index is 2.35. The van der Waals surface area contributed by atoms with E-state index in [1.54, 1.807) is 13.2 Å². The van der Waals surface area contributed by atoms with Gasteiger partial charge in [-0.3, -0.25) is 5.41 Å². The lowest BCUT2D eigenvalue weighted by atomic mass is 10.0. The number of rotatable bonds is 3. The van der Waals surface area contributed by atoms with Crippen LogP contribution in [0, 0.1) is 5.41 Å². The molecular formula is C12H17N3O. The van der Waals surface area contributed by atoms with Crippen LogP contribution in [0.5, 0.6) is 5.88 Å². The first-order valence-corrected chi connectivity index (χ1v) is 5.61. The van der Waals surface area contributed by atoms with Gasteiger partial charge in [0.05, 0.1) is 7.11 Å². The Hall–Kier alpha value is -1.58. The van der Waals surface area contributed by atoms with Crippen molar-refractivity contribution in [1.82, 2.24) is 4.98 Å². The van der Waals surface area contributed by atoms with E-state index in [0.29, 0.717) is 17.4 Å². The third kappa shape index (κ3) is 2.15. The van der Waals surface area contributed by atoms with Crippen LogP contribution in [0.15, 0.2) is 12.1 Å². The molecule has 0 unspecified atom stereocenters. The molecule has 1 heterocycles. The minimum atomic E-state index is 0.0694. The van der Waals surface area contributed by atoms with E-state index in [2.05, 4.69) is 4.98 Å². The third-order valence-electron chi connectivity index (χ3n) is 3.12. The summed E-state index contributed by atoms with van der Waals surface area (Å²) in [7, 11) is 1.59. The Kier molecular flexibility index (Phi) is 3.08. The van der Waals surface area contributed by atoms with Gasteiger partial charge in [-0.1, -0.05) is 12.8 Å². The van der Waals surface area contributed by atoms with Crippen LogP contribution < -0.4 is 10.5 Å². The standard InChI is InChI=1S/C12H17N3O/c1-16-11-7-9(12(13)14)6-10(15-11)8-4-2-3-5-8/h6-8H,2-5H2,1H3,(H3,13,14). The fraction of sp³-hybridized carbons (Fsp3) is 0.500. The Labute approximate surface area is 95.3 Å². The van der Waals surface area contributed by atoms with Crippen LogP contribution >= 0.6 is 0 Å². The highest BCUT2D eigenvalue weighted by Gasteiger charge is 2.19. The van der Waals surface area contributed by atoms with Gasteiger partial charge in [0.1, 0.15) is 5.84 Å². The molecule has 4 heteroatoms. The van der Waals surface area contributed by atoms with Gasteiger partial charge in [-0.25, -0.2) is 4.98 Å². The number of aromatic nitrogens is 1. The van der Waals surface area contributed by atoms with Gasteiger partial charge >= 0.3 is 0 Å². The van der Waals surface area contributed by atoms with E-state index in [-0.39, 0.29) is 5.84 Å². The molecule has 1 aliphatic carbocycles. The topological polar surface area (TPSA) is 72.0 Å². The van der Waals surface area contributed by atoms with Crippen molar-refractivity contribution < 1.29 is 4.74 Å². The third-order valence-corrected chi connectivity index (χ3v) is 3.12. The molecule has 86 valence electrons. The zero-order valence-electron chi connectivity index (χ0n) is 9.49. The first-order valence-electron chi connectivity index (χ1n) is 5.61. The Morgan fingerprint density at radius 1 is 1.44 bits per heavy atom. The molecule has 0 radical (unpaired) electrons. The van der Waals surface area contributed by atoms with Gasteiger partial charge in [0.2, 0.25) is 5.88 Å². The smallest absolute Gasteiger partial charge is 0.213 e. The molecule has 0 aliphatic heterocycles. The minimum Gasteiger partial charge on any atom is -0.481 e. The summed E-state index contributed by atoms with van der Waals surface area (Å²) in [5.74, 6) is 1.13. The molecule has 0 saturated heterocycles. The molecule has 16 heavy (non-hydrogen) atoms. The maximum atomic E-state index is 7.47. The molecule has 1 aliphatic rings. The van der Waals surface area contributed by atoms with Crippen molar-refractivity contribution in [2.24, 2.45) is 5.73 Å². The van der Waals surface area contributed by atoms with Crippen LogP contribution in [0.3, 0.4) is 0 Å². The molecule has 2 rings (SSSR count). The van der Waals surface area contributed by atoms with Gasteiger partial charge in [-0.15, -0.1) is 0 Å². The van der Waals surface area contributed by atoms with Gasteiger partial charge in [-0.05, 0) is 18.9 Å². The minimum absolute atomic E-state index is 0.0694. The van der Waals surface area contributed by atoms with E-state index >= 15 is 0 Å². The molecule has 3 N–H and O–H groups in total. The van der Waals surface area contributed by atoms with Crippen molar-refractivity contribution in [3.8, 4) is 5.88 Å². The summed E-state index contributed by atoms with van der Waals surface area (Å²) in [6.45, 7) is 0. The predicted octanol–water partition coefficient (Wildman–Crippen LogP) is 2.03. The Morgan fingerprint density at radius 3 is 2.69 bits per heavy atom. The van der Waals surface area contributed by atoms with Crippen molar-refractivity contribution in [1.29, 1.82) is 5.41 Å². The van der Waals surface area contributed by atoms with E-state index in [9.17, 15) is 0 Å². The van der Waals surface area contributed by atoms with Crippen molar-refractivity contribution in [2.75, 3.05) is 7.11 Å². The Morgan fingerprint density at radius 2 is 2.12 bits per heavy atom. The van der Waals surface area contributed by atoms with Crippen LogP contribution in [0.2, 0.25) is 0 Å². The number of hydrogen-bond acceptors (Lipinski definition) is 3. The SMILES string of the molecule is COc1cc(C(=N)N)cc(C2CCCC2)n1. The highest BCUT2D eigenvalue weighted by Crippen LogP contribution is 2.34. The number of methoxy groups -OCH3 is 1. The van der Waals surface area contributed by atoms with E-state index < -0.39 is 0 Å². The number of amidine groups is 1. The number of ether oxygens (including phenoxy) is 1. The highest BCUT2D eigenvalue weighted by atomic mass is 16.5. The second-order valence-electron chi connectivity index (χ2n) is 4.22. The molecule has 1 aromatic rings. The lowest BCUT2D eigenvalue weighted by molar-refractivity contribution is 0.394. The second-order valence-corrected chi connectivity index (χ2v) is 4.22. The molecule has 0 atom stereocenters. The largest absolute Gasteiger partial charge is 0.481 e. The van der Waals surface area contributed by atoms with Crippen molar-refractivity contribution in [3.05, 3.63) is 23.4 Å². The zero-order chi connectivity index (χ0) is 11.5. The zero-order valence-corrected chi connectivity index (χ0v) is 9.49. The van der Waals surface area contributed by atoms with Gasteiger partial charge in [-0.2, -0.15) is 0 Å². The fourth-order valence-corrected chi connectivity index (χ4v) is 2.22. The van der Waals surface area contributed by atoms with Crippen molar-refractivity contribution in [2.45, 2.75) is 31.6 Å². The van der Waals surface area contributed by atoms with Crippen LogP contribution in [0.25, 0.3) is 0 Å². The average Bonchev–Trinajstić information content (AvgIpc) is 2.81. The number of nitrogens with two attached hydrogens (primary N) is 1. The normalized spacial score (nSPS) is 16.3. The molecule has 1 aromatic heterocycles. The molecule has 0 aromatic carbocycles. The van der Waals surface area contributed by atoms with Gasteiger partial charge in [0.25, 0.3) is 0 Å². The monoisotopic (exact) mass is 219 g/mol. The lowest BCUT2D eigenvalue weighted by Gasteiger charge is -2.11. The number of pyridine rings is 1. The quantitative estimate of drug-likeness (QED) is 0.603. The molecule has 0 amide bonds. The van der Waals surface area contributed by atoms with E-state index in [1.807, 2.05) is 6.07 Å². The maximum absolute atomic E-state index is 7.47. The van der Waals surface area contributed by atoms with Crippen LogP contribution in [0.1, 0.15) is 42.9 Å². The summed E-state index contributed by atoms with van der Waals surface area (Å²) in [5, 5.41) is 7.47. The number of hydrogen-bond donors (Lipinski definition) is 2. The summed E-state index contributed by atoms with van der Waals surface area (Å²) in [5.41, 5.74) is 7.22. The van der Waals surface area contributed by atoms with E-state index in [1.165, 1.54) is 25.7 Å². The van der Waals surface area contributed by atoms with Crippen LogP contribution in [-0.4, -0.2) is 17.9 Å². The molecule has 0 spiro atoms. The van der Waals surface area contributed by atoms with Crippen molar-refractivity contribution >= 4 is 5.84 Å². The molecule has 1 fully saturated rings. The number of nitrogens with zero attached hydrogens (tertiary/aromatic N) is 1. The maximum Gasteiger partial charge on any atom is 0.213 e. The second kappa shape index (κ2) is 4.51. The van der Waals surface area contributed by atoms with Crippen LogP contribution in [0.4, 0.5) is 0 Å². The summed E-state index contributed by atoms with van der Waals surface area (Å²) in [6.07, 6.45) is 4.88. The predicted molar refractivity (Wildman–Crippen MR) is 63.0 cm³/mol. The van der Waals surface area contributed by atoms with Crippen LogP contribution in [-0.2, 0) is 0 Å². The van der Waals surface area contributed by atoms with Gasteiger partial charge in [0, 0.05) is 23.2 Å². The molecular weight excluding hydrogens is 202 g/mol. The summed E-state index contributed by atoms with van der Waals surface area (Å²) >= 11 is 0. The number of nitrogen functional groups attached to an aromatic ring is 1. The summed E-state index contributed by atoms with van der Waals surface area (Å²) < 4.78 is 5.14.